The highest BCUT2D eigenvalue weighted by molar-refractivity contribution is 5.85. The number of nitrogens with zero attached hydrogens (tertiary/aromatic N) is 1. The fourth-order valence-electron chi connectivity index (χ4n) is 1.80. The fraction of sp³-hybridized carbons (Fsp3) is 0.308. The van der Waals surface area contributed by atoms with Gasteiger partial charge in [-0.2, -0.15) is 0 Å². The Morgan fingerprint density at radius 3 is 2.93 bits per heavy atom. The van der Waals surface area contributed by atoms with Crippen LogP contribution < -0.4 is 0 Å². The molecule has 0 amide bonds. The first kappa shape index (κ1) is 9.20. The predicted octanol–water partition coefficient (Wildman–Crippen LogP) is 3.75. The summed E-state index contributed by atoms with van der Waals surface area (Å²) < 4.78 is 0. The molecule has 2 aromatic rings. The molecule has 1 nitrogen and oxygen atoms in total. The molecule has 1 aromatic carbocycles. The summed E-state index contributed by atoms with van der Waals surface area (Å²) >= 11 is 0. The molecule has 0 bridgehead atoms. The van der Waals surface area contributed by atoms with Crippen LogP contribution in [0.15, 0.2) is 36.7 Å². The van der Waals surface area contributed by atoms with Crippen molar-refractivity contribution in [2.24, 2.45) is 0 Å². The maximum absolute atomic E-state index is 4.14. The summed E-state index contributed by atoms with van der Waals surface area (Å²) in [4.78, 5) is 4.14. The number of pyridine rings is 1. The van der Waals surface area contributed by atoms with E-state index in [0.717, 1.165) is 0 Å². The number of benzene rings is 1. The van der Waals surface area contributed by atoms with Gasteiger partial charge in [0.25, 0.3) is 0 Å². The molecule has 1 heteroatoms. The van der Waals surface area contributed by atoms with Crippen LogP contribution in [0.2, 0.25) is 0 Å². The number of aromatic nitrogens is 1. The van der Waals surface area contributed by atoms with Gasteiger partial charge in [0.15, 0.2) is 0 Å². The van der Waals surface area contributed by atoms with Crippen LogP contribution in [0.5, 0.6) is 0 Å². The van der Waals surface area contributed by atoms with Crippen molar-refractivity contribution < 1.29 is 0 Å². The molecule has 0 radical (unpaired) electrons. The molecule has 1 atom stereocenters. The first-order valence-corrected chi connectivity index (χ1v) is 5.15. The summed E-state index contributed by atoms with van der Waals surface area (Å²) in [5.41, 5.74) is 1.44. The average Bonchev–Trinajstić information content (AvgIpc) is 2.27. The van der Waals surface area contributed by atoms with Gasteiger partial charge in [0.2, 0.25) is 0 Å². The lowest BCUT2D eigenvalue weighted by Crippen LogP contribution is -1.92. The summed E-state index contributed by atoms with van der Waals surface area (Å²) in [5.74, 6) is 0.626. The molecule has 1 aromatic heterocycles. The first-order chi connectivity index (χ1) is 6.83. The van der Waals surface area contributed by atoms with E-state index in [9.17, 15) is 0 Å². The molecule has 1 heterocycles. The Balaban J connectivity index is 2.65. The van der Waals surface area contributed by atoms with Crippen LogP contribution in [-0.2, 0) is 0 Å². The minimum Gasteiger partial charge on any atom is -0.264 e. The zero-order valence-electron chi connectivity index (χ0n) is 8.70. The molecule has 0 aliphatic carbocycles. The summed E-state index contributed by atoms with van der Waals surface area (Å²) in [5, 5.41) is 2.59. The van der Waals surface area contributed by atoms with Gasteiger partial charge in [0.05, 0.1) is 0 Å². The van der Waals surface area contributed by atoms with Crippen molar-refractivity contribution in [3.8, 4) is 0 Å². The van der Waals surface area contributed by atoms with Gasteiger partial charge < -0.3 is 0 Å². The zero-order chi connectivity index (χ0) is 9.97. The summed E-state index contributed by atoms with van der Waals surface area (Å²) in [7, 11) is 0. The summed E-state index contributed by atoms with van der Waals surface area (Å²) in [6, 6.07) is 8.56. The quantitative estimate of drug-likeness (QED) is 0.694. The Morgan fingerprint density at radius 1 is 1.29 bits per heavy atom. The van der Waals surface area contributed by atoms with Crippen molar-refractivity contribution in [1.82, 2.24) is 4.98 Å². The topological polar surface area (TPSA) is 12.9 Å². The molecule has 0 fully saturated rings. The standard InChI is InChI=1S/C13H15N/c1-3-10(2)12-6-4-5-11-9-14-8-7-13(11)12/h4-10H,3H2,1-2H3. The number of hydrogen-bond acceptors (Lipinski definition) is 1. The Kier molecular flexibility index (Phi) is 2.49. The van der Waals surface area contributed by atoms with Gasteiger partial charge in [-0.3, -0.25) is 4.98 Å². The van der Waals surface area contributed by atoms with E-state index in [1.807, 2.05) is 12.4 Å². The molecular weight excluding hydrogens is 170 g/mol. The van der Waals surface area contributed by atoms with Crippen LogP contribution in [0.1, 0.15) is 31.7 Å². The average molecular weight is 185 g/mol. The van der Waals surface area contributed by atoms with Gasteiger partial charge in [-0.05, 0) is 29.4 Å². The monoisotopic (exact) mass is 185 g/mol. The van der Waals surface area contributed by atoms with Crippen molar-refractivity contribution in [1.29, 1.82) is 0 Å². The van der Waals surface area contributed by atoms with Gasteiger partial charge in [0.1, 0.15) is 0 Å². The SMILES string of the molecule is CCC(C)c1cccc2cnccc12. The van der Waals surface area contributed by atoms with Gasteiger partial charge >= 0.3 is 0 Å². The van der Waals surface area contributed by atoms with E-state index in [-0.39, 0.29) is 0 Å². The van der Waals surface area contributed by atoms with Crippen LogP contribution >= 0.6 is 0 Å². The van der Waals surface area contributed by atoms with E-state index >= 15 is 0 Å². The molecule has 14 heavy (non-hydrogen) atoms. The Bertz CT molecular complexity index is 429. The third kappa shape index (κ3) is 1.50. The van der Waals surface area contributed by atoms with Crippen LogP contribution in [0.3, 0.4) is 0 Å². The largest absolute Gasteiger partial charge is 0.264 e. The minimum absolute atomic E-state index is 0.626. The van der Waals surface area contributed by atoms with Crippen molar-refractivity contribution in [3.05, 3.63) is 42.2 Å². The lowest BCUT2D eigenvalue weighted by molar-refractivity contribution is 0.739. The van der Waals surface area contributed by atoms with E-state index in [0.29, 0.717) is 5.92 Å². The zero-order valence-corrected chi connectivity index (χ0v) is 8.70. The smallest absolute Gasteiger partial charge is 0.0346 e. The Hall–Kier alpha value is -1.37. The van der Waals surface area contributed by atoms with Crippen LogP contribution in [0.25, 0.3) is 10.8 Å². The van der Waals surface area contributed by atoms with E-state index in [1.54, 1.807) is 0 Å². The van der Waals surface area contributed by atoms with Gasteiger partial charge in [-0.1, -0.05) is 32.0 Å². The second kappa shape index (κ2) is 3.79. The molecule has 0 aliphatic heterocycles. The first-order valence-electron chi connectivity index (χ1n) is 5.15. The Labute approximate surface area is 84.8 Å². The highest BCUT2D eigenvalue weighted by Crippen LogP contribution is 2.26. The summed E-state index contributed by atoms with van der Waals surface area (Å²) in [6.07, 6.45) is 4.98. The van der Waals surface area contributed by atoms with Crippen molar-refractivity contribution in [3.63, 3.8) is 0 Å². The second-order valence-corrected chi connectivity index (χ2v) is 3.75. The van der Waals surface area contributed by atoms with Gasteiger partial charge in [-0.25, -0.2) is 0 Å². The lowest BCUT2D eigenvalue weighted by atomic mass is 9.94. The Morgan fingerprint density at radius 2 is 2.14 bits per heavy atom. The summed E-state index contributed by atoms with van der Waals surface area (Å²) in [6.45, 7) is 4.50. The molecular formula is C13H15N. The van der Waals surface area contributed by atoms with Gasteiger partial charge in [0, 0.05) is 17.8 Å². The molecule has 0 saturated carbocycles. The maximum atomic E-state index is 4.14. The molecule has 0 saturated heterocycles. The molecule has 1 unspecified atom stereocenters. The van der Waals surface area contributed by atoms with E-state index in [4.69, 9.17) is 0 Å². The minimum atomic E-state index is 0.626. The number of rotatable bonds is 2. The van der Waals surface area contributed by atoms with E-state index < -0.39 is 0 Å². The normalized spacial score (nSPS) is 13.0. The molecule has 0 N–H and O–H groups in total. The predicted molar refractivity (Wildman–Crippen MR) is 60.4 cm³/mol. The highest BCUT2D eigenvalue weighted by Gasteiger charge is 2.06. The third-order valence-corrected chi connectivity index (χ3v) is 2.86. The van der Waals surface area contributed by atoms with Gasteiger partial charge in [-0.15, -0.1) is 0 Å². The molecule has 0 aliphatic rings. The number of hydrogen-bond donors (Lipinski definition) is 0. The van der Waals surface area contributed by atoms with E-state index in [1.165, 1.54) is 22.8 Å². The third-order valence-electron chi connectivity index (χ3n) is 2.86. The fourth-order valence-corrected chi connectivity index (χ4v) is 1.80. The lowest BCUT2D eigenvalue weighted by Gasteiger charge is -2.11. The van der Waals surface area contributed by atoms with E-state index in [2.05, 4.69) is 43.1 Å². The van der Waals surface area contributed by atoms with Crippen LogP contribution in [-0.4, -0.2) is 4.98 Å². The van der Waals surface area contributed by atoms with Crippen molar-refractivity contribution in [2.45, 2.75) is 26.2 Å². The van der Waals surface area contributed by atoms with Crippen molar-refractivity contribution in [2.75, 3.05) is 0 Å². The second-order valence-electron chi connectivity index (χ2n) is 3.75. The van der Waals surface area contributed by atoms with Crippen LogP contribution in [0.4, 0.5) is 0 Å². The highest BCUT2D eigenvalue weighted by atomic mass is 14.6. The van der Waals surface area contributed by atoms with Crippen molar-refractivity contribution >= 4 is 10.8 Å². The molecule has 0 spiro atoms. The van der Waals surface area contributed by atoms with Crippen LogP contribution in [0, 0.1) is 0 Å². The number of fused-ring (bicyclic) bond motifs is 1. The molecule has 2 rings (SSSR count). The maximum Gasteiger partial charge on any atom is 0.0346 e. The molecule has 72 valence electrons.